The molecule has 1 aromatic carbocycles. The maximum absolute atomic E-state index is 5.71. The summed E-state index contributed by atoms with van der Waals surface area (Å²) in [7, 11) is 0. The van der Waals surface area contributed by atoms with Crippen molar-refractivity contribution in [3.8, 4) is 18.1 Å². The topological polar surface area (TPSA) is 9.23 Å². The summed E-state index contributed by atoms with van der Waals surface area (Å²) < 4.78 is 5.71. The molecule has 0 N–H and O–H groups in total. The quantitative estimate of drug-likeness (QED) is 0.721. The molecule has 0 bridgehead atoms. The molecule has 0 fully saturated rings. The van der Waals surface area contributed by atoms with Gasteiger partial charge < -0.3 is 4.74 Å². The average molecular weight is 244 g/mol. The molecule has 1 heteroatoms. The first-order valence-corrected chi connectivity index (χ1v) is 6.60. The summed E-state index contributed by atoms with van der Waals surface area (Å²) in [5.41, 5.74) is 2.62. The van der Waals surface area contributed by atoms with Gasteiger partial charge in [0.25, 0.3) is 0 Å². The van der Waals surface area contributed by atoms with Crippen molar-refractivity contribution in [2.45, 2.75) is 46.5 Å². The Bertz CT molecular complexity index is 432. The zero-order valence-electron chi connectivity index (χ0n) is 12.2. The van der Waals surface area contributed by atoms with Gasteiger partial charge in [0.1, 0.15) is 5.75 Å². The van der Waals surface area contributed by atoms with E-state index in [-0.39, 0.29) is 11.3 Å². The van der Waals surface area contributed by atoms with E-state index in [4.69, 9.17) is 11.2 Å². The fourth-order valence-corrected chi connectivity index (χ4v) is 1.98. The van der Waals surface area contributed by atoms with E-state index >= 15 is 0 Å². The van der Waals surface area contributed by atoms with Crippen LogP contribution in [0.5, 0.6) is 5.75 Å². The Labute approximate surface area is 112 Å². The zero-order chi connectivity index (χ0) is 13.8. The molecule has 1 unspecified atom stereocenters. The highest BCUT2D eigenvalue weighted by molar-refractivity contribution is 5.42. The first-order valence-electron chi connectivity index (χ1n) is 6.60. The van der Waals surface area contributed by atoms with Crippen molar-refractivity contribution in [1.82, 2.24) is 0 Å². The minimum absolute atomic E-state index is 0.0832. The summed E-state index contributed by atoms with van der Waals surface area (Å²) in [6.07, 6.45) is 6.37. The lowest BCUT2D eigenvalue weighted by molar-refractivity contribution is 0.329. The second-order valence-electron chi connectivity index (χ2n) is 5.79. The van der Waals surface area contributed by atoms with Gasteiger partial charge >= 0.3 is 0 Å². The van der Waals surface area contributed by atoms with Crippen LogP contribution < -0.4 is 4.74 Å². The van der Waals surface area contributed by atoms with Crippen molar-refractivity contribution >= 4 is 0 Å². The van der Waals surface area contributed by atoms with Gasteiger partial charge in [-0.05, 0) is 36.0 Å². The van der Waals surface area contributed by atoms with Gasteiger partial charge in [0.05, 0.1) is 6.61 Å². The van der Waals surface area contributed by atoms with Crippen LogP contribution in [0.2, 0.25) is 0 Å². The molecular weight excluding hydrogens is 220 g/mol. The van der Waals surface area contributed by atoms with Gasteiger partial charge in [0.15, 0.2) is 0 Å². The maximum Gasteiger partial charge on any atom is 0.123 e. The van der Waals surface area contributed by atoms with Gasteiger partial charge in [-0.2, -0.15) is 0 Å². The van der Waals surface area contributed by atoms with Crippen LogP contribution >= 0.6 is 0 Å². The highest BCUT2D eigenvalue weighted by atomic mass is 16.5. The SMILES string of the molecule is C#CC(C)Cc1ccc(OCC)c(C(C)(C)C)c1. The molecule has 18 heavy (non-hydrogen) atoms. The summed E-state index contributed by atoms with van der Waals surface area (Å²) >= 11 is 0. The first-order chi connectivity index (χ1) is 8.38. The molecule has 1 nitrogen and oxygen atoms in total. The van der Waals surface area contributed by atoms with Gasteiger partial charge in [0, 0.05) is 5.92 Å². The number of benzene rings is 1. The molecule has 1 rings (SSSR count). The fourth-order valence-electron chi connectivity index (χ4n) is 1.98. The summed E-state index contributed by atoms with van der Waals surface area (Å²) in [6, 6.07) is 6.43. The Morgan fingerprint density at radius 1 is 1.33 bits per heavy atom. The van der Waals surface area contributed by atoms with Crippen molar-refractivity contribution in [2.24, 2.45) is 5.92 Å². The summed E-state index contributed by atoms with van der Waals surface area (Å²) in [6.45, 7) is 11.4. The Kier molecular flexibility index (Phi) is 4.84. The normalized spacial score (nSPS) is 12.9. The lowest BCUT2D eigenvalue weighted by atomic mass is 9.84. The Morgan fingerprint density at radius 2 is 2.00 bits per heavy atom. The third-order valence-corrected chi connectivity index (χ3v) is 2.98. The van der Waals surface area contributed by atoms with Gasteiger partial charge in [0.2, 0.25) is 0 Å². The second kappa shape index (κ2) is 5.96. The van der Waals surface area contributed by atoms with Gasteiger partial charge in [-0.1, -0.05) is 39.8 Å². The van der Waals surface area contributed by atoms with Crippen molar-refractivity contribution < 1.29 is 4.74 Å². The van der Waals surface area contributed by atoms with Crippen LogP contribution in [0.1, 0.15) is 45.7 Å². The predicted octanol–water partition coefficient (Wildman–Crippen LogP) is 4.19. The Hall–Kier alpha value is -1.42. The van der Waals surface area contributed by atoms with E-state index in [0.717, 1.165) is 12.2 Å². The Morgan fingerprint density at radius 3 is 2.50 bits per heavy atom. The van der Waals surface area contributed by atoms with Crippen LogP contribution in [-0.2, 0) is 11.8 Å². The van der Waals surface area contributed by atoms with E-state index in [0.29, 0.717) is 6.61 Å². The third-order valence-electron chi connectivity index (χ3n) is 2.98. The van der Waals surface area contributed by atoms with E-state index in [1.165, 1.54) is 11.1 Å². The molecule has 98 valence electrons. The minimum atomic E-state index is 0.0832. The Balaban J connectivity index is 3.10. The lowest BCUT2D eigenvalue weighted by Crippen LogP contribution is -2.14. The molecule has 0 aliphatic heterocycles. The minimum Gasteiger partial charge on any atom is -0.494 e. The number of ether oxygens (including phenoxy) is 1. The van der Waals surface area contributed by atoms with E-state index < -0.39 is 0 Å². The van der Waals surface area contributed by atoms with E-state index in [2.05, 4.69) is 51.8 Å². The standard InChI is InChI=1S/C17H24O/c1-7-13(3)11-14-9-10-16(18-8-2)15(12-14)17(4,5)6/h1,9-10,12-13H,8,11H2,2-6H3. The zero-order valence-corrected chi connectivity index (χ0v) is 12.2. The number of hydrogen-bond donors (Lipinski definition) is 0. The number of terminal acetylenes is 1. The smallest absolute Gasteiger partial charge is 0.123 e. The molecule has 1 atom stereocenters. The maximum atomic E-state index is 5.71. The monoisotopic (exact) mass is 244 g/mol. The van der Waals surface area contributed by atoms with Crippen LogP contribution in [0.3, 0.4) is 0 Å². The summed E-state index contributed by atoms with van der Waals surface area (Å²) in [4.78, 5) is 0. The average Bonchev–Trinajstić information content (AvgIpc) is 2.30. The second-order valence-corrected chi connectivity index (χ2v) is 5.79. The molecule has 0 aliphatic rings. The van der Waals surface area contributed by atoms with Crippen molar-refractivity contribution in [1.29, 1.82) is 0 Å². The fraction of sp³-hybridized carbons (Fsp3) is 0.529. The van der Waals surface area contributed by atoms with Crippen molar-refractivity contribution in [2.75, 3.05) is 6.61 Å². The van der Waals surface area contributed by atoms with Crippen LogP contribution in [0.4, 0.5) is 0 Å². The molecule has 0 heterocycles. The molecule has 0 saturated heterocycles. The number of hydrogen-bond acceptors (Lipinski definition) is 1. The number of rotatable bonds is 4. The molecule has 0 radical (unpaired) electrons. The molecule has 0 amide bonds. The van der Waals surface area contributed by atoms with E-state index in [1.807, 2.05) is 6.92 Å². The van der Waals surface area contributed by atoms with Gasteiger partial charge in [-0.3, -0.25) is 0 Å². The summed E-state index contributed by atoms with van der Waals surface area (Å²) in [5.74, 6) is 4.04. The highest BCUT2D eigenvalue weighted by Crippen LogP contribution is 2.32. The molecule has 0 spiro atoms. The molecule has 0 aromatic heterocycles. The van der Waals surface area contributed by atoms with E-state index in [1.54, 1.807) is 0 Å². The predicted molar refractivity (Wildman–Crippen MR) is 78.0 cm³/mol. The van der Waals surface area contributed by atoms with Crippen molar-refractivity contribution in [3.05, 3.63) is 29.3 Å². The molecule has 0 saturated carbocycles. The van der Waals surface area contributed by atoms with Crippen LogP contribution in [-0.4, -0.2) is 6.61 Å². The van der Waals surface area contributed by atoms with Gasteiger partial charge in [-0.25, -0.2) is 0 Å². The van der Waals surface area contributed by atoms with Crippen LogP contribution in [0.15, 0.2) is 18.2 Å². The van der Waals surface area contributed by atoms with Crippen LogP contribution in [0.25, 0.3) is 0 Å². The lowest BCUT2D eigenvalue weighted by Gasteiger charge is -2.23. The van der Waals surface area contributed by atoms with Gasteiger partial charge in [-0.15, -0.1) is 12.3 Å². The summed E-state index contributed by atoms with van der Waals surface area (Å²) in [5, 5.41) is 0. The third kappa shape index (κ3) is 3.81. The first kappa shape index (κ1) is 14.6. The molecule has 1 aromatic rings. The van der Waals surface area contributed by atoms with Crippen molar-refractivity contribution in [3.63, 3.8) is 0 Å². The van der Waals surface area contributed by atoms with Crippen LogP contribution in [0, 0.1) is 18.3 Å². The van der Waals surface area contributed by atoms with E-state index in [9.17, 15) is 0 Å². The molecular formula is C17H24O. The molecule has 0 aliphatic carbocycles. The highest BCUT2D eigenvalue weighted by Gasteiger charge is 2.19. The largest absolute Gasteiger partial charge is 0.494 e.